The fourth-order valence-electron chi connectivity index (χ4n) is 2.88. The smallest absolute Gasteiger partial charge is 0.119 e. The van der Waals surface area contributed by atoms with Gasteiger partial charge in [0, 0.05) is 19.1 Å². The zero-order valence-corrected chi connectivity index (χ0v) is 13.1. The van der Waals surface area contributed by atoms with E-state index in [0.29, 0.717) is 6.04 Å². The van der Waals surface area contributed by atoms with Crippen molar-refractivity contribution in [3.63, 3.8) is 0 Å². The zero-order chi connectivity index (χ0) is 14.4. The average Bonchev–Trinajstić information content (AvgIpc) is 2.38. The van der Waals surface area contributed by atoms with Gasteiger partial charge in [-0.3, -0.25) is 0 Å². The first-order valence-corrected chi connectivity index (χ1v) is 7.76. The van der Waals surface area contributed by atoms with Crippen molar-refractivity contribution < 1.29 is 4.74 Å². The molecule has 1 aliphatic rings. The molecule has 3 heteroatoms. The molecule has 1 unspecified atom stereocenters. The number of nitrogens with one attached hydrogen (secondary N) is 1. The van der Waals surface area contributed by atoms with E-state index in [1.54, 1.807) is 0 Å². The first kappa shape index (κ1) is 15.3. The Balaban J connectivity index is 1.69. The van der Waals surface area contributed by atoms with Crippen molar-refractivity contribution in [2.75, 3.05) is 33.3 Å². The van der Waals surface area contributed by atoms with Gasteiger partial charge >= 0.3 is 0 Å². The molecule has 0 bridgehead atoms. The van der Waals surface area contributed by atoms with Crippen molar-refractivity contribution >= 4 is 0 Å². The summed E-state index contributed by atoms with van der Waals surface area (Å²) in [5, 5.41) is 3.59. The van der Waals surface area contributed by atoms with Gasteiger partial charge in [-0.15, -0.1) is 0 Å². The molecule has 1 aliphatic heterocycles. The second-order valence-electron chi connectivity index (χ2n) is 6.08. The van der Waals surface area contributed by atoms with Gasteiger partial charge in [-0.05, 0) is 63.5 Å². The maximum absolute atomic E-state index is 5.87. The van der Waals surface area contributed by atoms with Crippen molar-refractivity contribution in [2.24, 2.45) is 0 Å². The second-order valence-corrected chi connectivity index (χ2v) is 6.08. The minimum atomic E-state index is 0.662. The summed E-state index contributed by atoms with van der Waals surface area (Å²) in [6.45, 7) is 8.26. The molecule has 0 saturated carbocycles. The van der Waals surface area contributed by atoms with Crippen LogP contribution in [0.1, 0.15) is 30.4 Å². The minimum Gasteiger partial charge on any atom is -0.492 e. The molecule has 1 heterocycles. The largest absolute Gasteiger partial charge is 0.492 e. The molecule has 1 saturated heterocycles. The van der Waals surface area contributed by atoms with Crippen LogP contribution in [-0.2, 0) is 0 Å². The minimum absolute atomic E-state index is 0.662. The van der Waals surface area contributed by atoms with Crippen molar-refractivity contribution in [1.82, 2.24) is 10.2 Å². The van der Waals surface area contributed by atoms with E-state index in [4.69, 9.17) is 4.74 Å². The van der Waals surface area contributed by atoms with Gasteiger partial charge in [-0.2, -0.15) is 0 Å². The lowest BCUT2D eigenvalue weighted by Gasteiger charge is -2.28. The predicted octanol–water partition coefficient (Wildman–Crippen LogP) is 2.76. The van der Waals surface area contributed by atoms with Crippen LogP contribution in [0.4, 0.5) is 0 Å². The molecule has 1 fully saturated rings. The molecule has 1 aromatic carbocycles. The number of benzene rings is 1. The van der Waals surface area contributed by atoms with Crippen LogP contribution in [0, 0.1) is 13.8 Å². The Bertz CT molecular complexity index is 393. The van der Waals surface area contributed by atoms with Crippen LogP contribution >= 0.6 is 0 Å². The Morgan fingerprint density at radius 2 is 1.95 bits per heavy atom. The second kappa shape index (κ2) is 7.65. The topological polar surface area (TPSA) is 24.5 Å². The van der Waals surface area contributed by atoms with Crippen molar-refractivity contribution in [1.29, 1.82) is 0 Å². The van der Waals surface area contributed by atoms with Gasteiger partial charge in [0.25, 0.3) is 0 Å². The van der Waals surface area contributed by atoms with Crippen molar-refractivity contribution in [3.8, 4) is 5.75 Å². The van der Waals surface area contributed by atoms with Gasteiger partial charge in [-0.25, -0.2) is 0 Å². The number of aryl methyl sites for hydroxylation is 2. The van der Waals surface area contributed by atoms with E-state index in [1.165, 1.54) is 36.9 Å². The molecule has 0 radical (unpaired) electrons. The number of likely N-dealkylation sites (N-methyl/N-ethyl adjacent to an activating group) is 1. The van der Waals surface area contributed by atoms with Gasteiger partial charge in [-0.1, -0.05) is 12.5 Å². The first-order chi connectivity index (χ1) is 9.63. The van der Waals surface area contributed by atoms with E-state index in [0.717, 1.165) is 25.4 Å². The van der Waals surface area contributed by atoms with Crippen LogP contribution in [0.5, 0.6) is 5.75 Å². The normalized spacial score (nSPS) is 19.3. The average molecular weight is 276 g/mol. The molecule has 1 aromatic rings. The van der Waals surface area contributed by atoms with E-state index in [-0.39, 0.29) is 0 Å². The molecular weight excluding hydrogens is 248 g/mol. The predicted molar refractivity (Wildman–Crippen MR) is 84.5 cm³/mol. The molecule has 1 atom stereocenters. The Morgan fingerprint density at radius 1 is 1.20 bits per heavy atom. The van der Waals surface area contributed by atoms with Gasteiger partial charge < -0.3 is 15.0 Å². The van der Waals surface area contributed by atoms with Crippen LogP contribution in [0.2, 0.25) is 0 Å². The standard InChI is InChI=1S/C17H28N2O/c1-14-10-15(2)12-17(11-14)20-9-8-19(3)13-16-6-4-5-7-18-16/h10-12,16,18H,4-9,13H2,1-3H3. The lowest BCUT2D eigenvalue weighted by Crippen LogP contribution is -2.43. The van der Waals surface area contributed by atoms with Gasteiger partial charge in [0.2, 0.25) is 0 Å². The highest BCUT2D eigenvalue weighted by Gasteiger charge is 2.14. The molecular formula is C17H28N2O. The maximum Gasteiger partial charge on any atom is 0.119 e. The lowest BCUT2D eigenvalue weighted by atomic mass is 10.0. The lowest BCUT2D eigenvalue weighted by molar-refractivity contribution is 0.211. The molecule has 2 rings (SSSR count). The summed E-state index contributed by atoms with van der Waals surface area (Å²) in [7, 11) is 2.18. The van der Waals surface area contributed by atoms with Crippen LogP contribution in [0.3, 0.4) is 0 Å². The third-order valence-electron chi connectivity index (χ3n) is 3.88. The highest BCUT2D eigenvalue weighted by molar-refractivity contribution is 5.32. The SMILES string of the molecule is Cc1cc(C)cc(OCCN(C)CC2CCCCN2)c1. The summed E-state index contributed by atoms with van der Waals surface area (Å²) in [5.74, 6) is 0.992. The number of hydrogen-bond acceptors (Lipinski definition) is 3. The number of ether oxygens (including phenoxy) is 1. The van der Waals surface area contributed by atoms with Gasteiger partial charge in [0.15, 0.2) is 0 Å². The third kappa shape index (κ3) is 5.14. The van der Waals surface area contributed by atoms with Crippen LogP contribution in [-0.4, -0.2) is 44.2 Å². The highest BCUT2D eigenvalue weighted by Crippen LogP contribution is 2.16. The molecule has 0 spiro atoms. The van der Waals surface area contributed by atoms with Gasteiger partial charge in [0.05, 0.1) is 0 Å². The Kier molecular flexibility index (Phi) is 5.86. The summed E-state index contributed by atoms with van der Waals surface area (Å²) in [4.78, 5) is 2.37. The van der Waals surface area contributed by atoms with Crippen molar-refractivity contribution in [3.05, 3.63) is 29.3 Å². The molecule has 0 aromatic heterocycles. The number of rotatable bonds is 6. The number of piperidine rings is 1. The van der Waals surface area contributed by atoms with E-state index >= 15 is 0 Å². The Morgan fingerprint density at radius 3 is 2.60 bits per heavy atom. The van der Waals surface area contributed by atoms with Gasteiger partial charge in [0.1, 0.15) is 12.4 Å². The van der Waals surface area contributed by atoms with E-state index < -0.39 is 0 Å². The summed E-state index contributed by atoms with van der Waals surface area (Å²) in [6, 6.07) is 7.05. The third-order valence-corrected chi connectivity index (χ3v) is 3.88. The Hall–Kier alpha value is -1.06. The Labute approximate surface area is 123 Å². The van der Waals surface area contributed by atoms with Crippen LogP contribution < -0.4 is 10.1 Å². The summed E-state index contributed by atoms with van der Waals surface area (Å²) in [6.07, 6.45) is 4.00. The molecule has 1 N–H and O–H groups in total. The highest BCUT2D eigenvalue weighted by atomic mass is 16.5. The van der Waals surface area contributed by atoms with E-state index in [9.17, 15) is 0 Å². The zero-order valence-electron chi connectivity index (χ0n) is 13.1. The molecule has 0 aliphatic carbocycles. The van der Waals surface area contributed by atoms with Crippen LogP contribution in [0.15, 0.2) is 18.2 Å². The summed E-state index contributed by atoms with van der Waals surface area (Å²) >= 11 is 0. The van der Waals surface area contributed by atoms with E-state index in [2.05, 4.69) is 49.3 Å². The monoisotopic (exact) mass is 276 g/mol. The number of hydrogen-bond donors (Lipinski definition) is 1. The van der Waals surface area contributed by atoms with E-state index in [1.807, 2.05) is 0 Å². The van der Waals surface area contributed by atoms with Crippen LogP contribution in [0.25, 0.3) is 0 Å². The molecule has 3 nitrogen and oxygen atoms in total. The quantitative estimate of drug-likeness (QED) is 0.864. The molecule has 112 valence electrons. The fraction of sp³-hybridized carbons (Fsp3) is 0.647. The van der Waals surface area contributed by atoms with Crippen molar-refractivity contribution in [2.45, 2.75) is 39.2 Å². The molecule has 20 heavy (non-hydrogen) atoms. The molecule has 0 amide bonds. The fourth-order valence-corrected chi connectivity index (χ4v) is 2.88. The number of nitrogens with zero attached hydrogens (tertiary/aromatic N) is 1. The first-order valence-electron chi connectivity index (χ1n) is 7.76. The summed E-state index contributed by atoms with van der Waals surface area (Å²) in [5.41, 5.74) is 2.53. The maximum atomic E-state index is 5.87. The summed E-state index contributed by atoms with van der Waals surface area (Å²) < 4.78 is 5.87.